The maximum Gasteiger partial charge on any atom is 0.530 e. The number of phosphoric ester groups is 1. The van der Waals surface area contributed by atoms with Gasteiger partial charge in [-0.15, -0.1) is 0 Å². The molecule has 0 unspecified atom stereocenters. The minimum atomic E-state index is -3.78. The zero-order valence-corrected chi connectivity index (χ0v) is 15.0. The molecule has 0 aliphatic carbocycles. The van der Waals surface area contributed by atoms with E-state index in [4.69, 9.17) is 13.6 Å². The molecule has 1 aliphatic rings. The molecule has 0 atom stereocenters. The Morgan fingerprint density at radius 2 is 1.40 bits per heavy atom. The van der Waals surface area contributed by atoms with E-state index in [1.807, 2.05) is 56.3 Å². The number of hydrogen-bond donors (Lipinski definition) is 1. The average Bonchev–Trinajstić information content (AvgIpc) is 2.62. The van der Waals surface area contributed by atoms with E-state index in [1.54, 1.807) is 6.07 Å². The number of hydrogen-bond acceptors (Lipinski definition) is 5. The molecule has 0 bridgehead atoms. The topological polar surface area (TPSA) is 65.0 Å². The molecule has 0 saturated carbocycles. The van der Waals surface area contributed by atoms with Crippen LogP contribution in [0.3, 0.4) is 0 Å². The van der Waals surface area contributed by atoms with Crippen molar-refractivity contribution in [2.75, 3.05) is 13.2 Å². The van der Waals surface area contributed by atoms with Crippen LogP contribution in [-0.4, -0.2) is 18.3 Å². The highest BCUT2D eigenvalue weighted by molar-refractivity contribution is 7.49. The summed E-state index contributed by atoms with van der Waals surface area (Å²) in [7, 11) is -3.78. The molecule has 1 aliphatic heterocycles. The Balaban J connectivity index is 1.86. The van der Waals surface area contributed by atoms with E-state index in [9.17, 15) is 9.67 Å². The highest BCUT2D eigenvalue weighted by Gasteiger charge is 2.40. The average molecular weight is 358 g/mol. The largest absolute Gasteiger partial charge is 0.530 e. The van der Waals surface area contributed by atoms with Gasteiger partial charge in [0, 0.05) is 16.2 Å². The summed E-state index contributed by atoms with van der Waals surface area (Å²) >= 11 is 0. The molecule has 6 heteroatoms. The van der Waals surface area contributed by atoms with Crippen LogP contribution in [0.1, 0.15) is 13.8 Å². The van der Waals surface area contributed by atoms with Gasteiger partial charge < -0.3 is 9.63 Å². The van der Waals surface area contributed by atoms with E-state index < -0.39 is 7.82 Å². The summed E-state index contributed by atoms with van der Waals surface area (Å²) in [6.07, 6.45) is 0. The van der Waals surface area contributed by atoms with Crippen molar-refractivity contribution in [3.63, 3.8) is 0 Å². The SMILES string of the molecule is CC1(C)COP(=O)(Oc2c(O)c3ccccc3c3ccccc23)OC1. The summed E-state index contributed by atoms with van der Waals surface area (Å²) in [5.74, 6) is 0.0545. The molecule has 0 radical (unpaired) electrons. The second-order valence-electron chi connectivity index (χ2n) is 7.02. The second kappa shape index (κ2) is 5.73. The van der Waals surface area contributed by atoms with Crippen LogP contribution < -0.4 is 4.52 Å². The highest BCUT2D eigenvalue weighted by Crippen LogP contribution is 2.57. The molecule has 1 saturated heterocycles. The van der Waals surface area contributed by atoms with Gasteiger partial charge in [0.25, 0.3) is 0 Å². The predicted octanol–water partition coefficient (Wildman–Crippen LogP) is 5.26. The standard InChI is InChI=1S/C19H19O5P/c1-19(2)11-22-25(21,23-12-19)24-18-16-10-6-4-8-14(16)13-7-3-5-9-15(13)17(18)20/h3-10,20H,11-12H2,1-2H3. The van der Waals surface area contributed by atoms with Crippen molar-refractivity contribution in [1.29, 1.82) is 0 Å². The van der Waals surface area contributed by atoms with Gasteiger partial charge in [-0.25, -0.2) is 4.57 Å². The van der Waals surface area contributed by atoms with Crippen molar-refractivity contribution in [2.24, 2.45) is 5.41 Å². The van der Waals surface area contributed by atoms with E-state index in [0.29, 0.717) is 10.8 Å². The first-order valence-electron chi connectivity index (χ1n) is 8.10. The lowest BCUT2D eigenvalue weighted by Gasteiger charge is -2.33. The molecule has 25 heavy (non-hydrogen) atoms. The summed E-state index contributed by atoms with van der Waals surface area (Å²) in [6.45, 7) is 4.44. The van der Waals surface area contributed by atoms with Gasteiger partial charge in [0.2, 0.25) is 0 Å². The lowest BCUT2D eigenvalue weighted by Crippen LogP contribution is -2.30. The Kier molecular flexibility index (Phi) is 3.76. The zero-order chi connectivity index (χ0) is 17.7. The molecule has 5 nitrogen and oxygen atoms in total. The first-order valence-corrected chi connectivity index (χ1v) is 9.56. The van der Waals surface area contributed by atoms with E-state index in [1.165, 1.54) is 0 Å². The number of fused-ring (bicyclic) bond motifs is 3. The highest BCUT2D eigenvalue weighted by atomic mass is 31.2. The molecular formula is C19H19O5P. The smallest absolute Gasteiger partial charge is 0.504 e. The van der Waals surface area contributed by atoms with Crippen LogP contribution >= 0.6 is 7.82 Å². The summed E-state index contributed by atoms with van der Waals surface area (Å²) in [5, 5.41) is 13.8. The molecule has 0 amide bonds. The fraction of sp³-hybridized carbons (Fsp3) is 0.263. The van der Waals surface area contributed by atoms with Gasteiger partial charge >= 0.3 is 7.82 Å². The van der Waals surface area contributed by atoms with E-state index in [0.717, 1.165) is 10.8 Å². The molecule has 0 aromatic heterocycles. The van der Waals surface area contributed by atoms with E-state index in [2.05, 4.69) is 0 Å². The van der Waals surface area contributed by atoms with Gasteiger partial charge in [0.15, 0.2) is 11.5 Å². The van der Waals surface area contributed by atoms with Gasteiger partial charge in [-0.1, -0.05) is 62.4 Å². The lowest BCUT2D eigenvalue weighted by atomic mass is 9.97. The number of benzene rings is 3. The van der Waals surface area contributed by atoms with Crippen LogP contribution in [0, 0.1) is 5.41 Å². The van der Waals surface area contributed by atoms with Gasteiger partial charge in [-0.3, -0.25) is 9.05 Å². The third-order valence-corrected chi connectivity index (χ3v) is 5.59. The van der Waals surface area contributed by atoms with Crippen molar-refractivity contribution < 1.29 is 23.2 Å². The van der Waals surface area contributed by atoms with Crippen LogP contribution in [0.4, 0.5) is 0 Å². The molecule has 3 aromatic rings. The van der Waals surface area contributed by atoms with Gasteiger partial charge in [-0.2, -0.15) is 0 Å². The molecule has 130 valence electrons. The summed E-state index contributed by atoms with van der Waals surface area (Å²) < 4.78 is 29.3. The Bertz CT molecular complexity index is 997. The number of phosphoric acid groups is 1. The Labute approximate surface area is 145 Å². The predicted molar refractivity (Wildman–Crippen MR) is 97.0 cm³/mol. The minimum absolute atomic E-state index is 0.0680. The first kappa shape index (κ1) is 16.4. The number of phenols is 1. The van der Waals surface area contributed by atoms with Crippen molar-refractivity contribution in [3.05, 3.63) is 48.5 Å². The Morgan fingerprint density at radius 3 is 2.00 bits per heavy atom. The number of aromatic hydroxyl groups is 1. The lowest BCUT2D eigenvalue weighted by molar-refractivity contribution is 0.0181. The zero-order valence-electron chi connectivity index (χ0n) is 14.1. The van der Waals surface area contributed by atoms with Gasteiger partial charge in [0.05, 0.1) is 13.2 Å². The van der Waals surface area contributed by atoms with Crippen LogP contribution in [0.2, 0.25) is 0 Å². The van der Waals surface area contributed by atoms with E-state index in [-0.39, 0.29) is 30.1 Å². The summed E-state index contributed by atoms with van der Waals surface area (Å²) in [6, 6.07) is 15.0. The molecule has 4 rings (SSSR count). The normalized spacial score (nSPS) is 19.1. The third-order valence-electron chi connectivity index (χ3n) is 4.29. The fourth-order valence-corrected chi connectivity index (χ4v) is 4.54. The van der Waals surface area contributed by atoms with Gasteiger partial charge in [-0.05, 0) is 10.8 Å². The van der Waals surface area contributed by atoms with Crippen molar-refractivity contribution in [3.8, 4) is 11.5 Å². The number of phenolic OH excluding ortho intramolecular Hbond substituents is 1. The quantitative estimate of drug-likeness (QED) is 0.500. The maximum absolute atomic E-state index is 12.8. The van der Waals surface area contributed by atoms with Crippen LogP contribution in [0.15, 0.2) is 48.5 Å². The van der Waals surface area contributed by atoms with Crippen LogP contribution in [-0.2, 0) is 13.6 Å². The molecule has 1 N–H and O–H groups in total. The van der Waals surface area contributed by atoms with Crippen molar-refractivity contribution >= 4 is 29.4 Å². The fourth-order valence-electron chi connectivity index (χ4n) is 2.93. The van der Waals surface area contributed by atoms with Crippen LogP contribution in [0.25, 0.3) is 21.5 Å². The third kappa shape index (κ3) is 2.89. The van der Waals surface area contributed by atoms with Crippen molar-refractivity contribution in [2.45, 2.75) is 13.8 Å². The Morgan fingerprint density at radius 1 is 0.920 bits per heavy atom. The molecular weight excluding hydrogens is 339 g/mol. The summed E-state index contributed by atoms with van der Waals surface area (Å²) in [4.78, 5) is 0. The van der Waals surface area contributed by atoms with Crippen LogP contribution in [0.5, 0.6) is 11.5 Å². The van der Waals surface area contributed by atoms with Crippen molar-refractivity contribution in [1.82, 2.24) is 0 Å². The number of rotatable bonds is 2. The van der Waals surface area contributed by atoms with E-state index >= 15 is 0 Å². The molecule has 1 heterocycles. The minimum Gasteiger partial charge on any atom is -0.504 e. The maximum atomic E-state index is 12.8. The molecule has 3 aromatic carbocycles. The molecule has 1 fully saturated rings. The first-order chi connectivity index (χ1) is 11.9. The molecule has 0 spiro atoms. The second-order valence-corrected chi connectivity index (χ2v) is 8.61. The Hall–Kier alpha value is -2.07. The summed E-state index contributed by atoms with van der Waals surface area (Å²) in [5.41, 5.74) is -0.231. The monoisotopic (exact) mass is 358 g/mol. The van der Waals surface area contributed by atoms with Gasteiger partial charge in [0.1, 0.15) is 0 Å².